The van der Waals surface area contributed by atoms with Gasteiger partial charge in [0.1, 0.15) is 5.75 Å². The Bertz CT molecular complexity index is 398. The Balaban J connectivity index is 1.74. The van der Waals surface area contributed by atoms with Crippen LogP contribution < -0.4 is 10.1 Å². The molecule has 1 atom stereocenters. The molecule has 1 N–H and O–H groups in total. The molecule has 0 bridgehead atoms. The van der Waals surface area contributed by atoms with Crippen LogP contribution in [0.4, 0.5) is 0 Å². The highest BCUT2D eigenvalue weighted by Crippen LogP contribution is 2.49. The predicted molar refractivity (Wildman–Crippen MR) is 69.5 cm³/mol. The van der Waals surface area contributed by atoms with Gasteiger partial charge in [-0.3, -0.25) is 0 Å². The third-order valence-electron chi connectivity index (χ3n) is 4.44. The van der Waals surface area contributed by atoms with Crippen molar-refractivity contribution in [2.75, 3.05) is 20.2 Å². The van der Waals surface area contributed by atoms with Gasteiger partial charge in [0.05, 0.1) is 6.61 Å². The lowest BCUT2D eigenvalue weighted by Gasteiger charge is -2.43. The van der Waals surface area contributed by atoms with Crippen LogP contribution in [0.25, 0.3) is 0 Å². The zero-order valence-electron chi connectivity index (χ0n) is 10.5. The Labute approximate surface area is 103 Å². The lowest BCUT2D eigenvalue weighted by molar-refractivity contribution is 0.103. The van der Waals surface area contributed by atoms with Crippen LogP contribution in [0.3, 0.4) is 0 Å². The molecule has 2 nitrogen and oxygen atoms in total. The molecule has 1 aromatic rings. The predicted octanol–water partition coefficient (Wildman–Crippen LogP) is 2.94. The number of benzene rings is 1. The van der Waals surface area contributed by atoms with Gasteiger partial charge in [-0.05, 0) is 37.8 Å². The van der Waals surface area contributed by atoms with E-state index in [1.807, 2.05) is 0 Å². The third-order valence-corrected chi connectivity index (χ3v) is 4.44. The Morgan fingerprint density at radius 1 is 1.35 bits per heavy atom. The van der Waals surface area contributed by atoms with Gasteiger partial charge in [-0.2, -0.15) is 0 Å². The number of hydrogen-bond acceptors (Lipinski definition) is 2. The van der Waals surface area contributed by atoms with E-state index >= 15 is 0 Å². The van der Waals surface area contributed by atoms with E-state index in [2.05, 4.69) is 36.6 Å². The number of fused-ring (bicyclic) bond motifs is 1. The van der Waals surface area contributed by atoms with E-state index in [9.17, 15) is 0 Å². The van der Waals surface area contributed by atoms with Crippen molar-refractivity contribution in [2.45, 2.75) is 31.6 Å². The smallest absolute Gasteiger partial charge is 0.122 e. The summed E-state index contributed by atoms with van der Waals surface area (Å²) in [6.07, 6.45) is 5.45. The molecule has 2 aliphatic rings. The van der Waals surface area contributed by atoms with Crippen molar-refractivity contribution < 1.29 is 4.74 Å². The van der Waals surface area contributed by atoms with Crippen LogP contribution in [-0.4, -0.2) is 20.2 Å². The molecular weight excluding hydrogens is 210 g/mol. The first-order valence-corrected chi connectivity index (χ1v) is 6.69. The summed E-state index contributed by atoms with van der Waals surface area (Å²) in [6.45, 7) is 2.04. The average molecular weight is 231 g/mol. The number of nitrogens with one attached hydrogen (secondary N) is 1. The van der Waals surface area contributed by atoms with Crippen molar-refractivity contribution in [1.29, 1.82) is 0 Å². The molecule has 1 aliphatic carbocycles. The van der Waals surface area contributed by atoms with Gasteiger partial charge in [0.2, 0.25) is 0 Å². The van der Waals surface area contributed by atoms with Crippen molar-refractivity contribution in [2.24, 2.45) is 5.41 Å². The van der Waals surface area contributed by atoms with Gasteiger partial charge < -0.3 is 10.1 Å². The fourth-order valence-corrected chi connectivity index (χ4v) is 3.43. The summed E-state index contributed by atoms with van der Waals surface area (Å²) in [5.41, 5.74) is 1.97. The SMILES string of the molecule is CNCC1(CC2COc3ccccc32)CCC1. The van der Waals surface area contributed by atoms with E-state index in [1.54, 1.807) is 0 Å². The molecule has 3 rings (SSSR count). The Morgan fingerprint density at radius 3 is 2.88 bits per heavy atom. The molecule has 1 aromatic carbocycles. The van der Waals surface area contributed by atoms with Crippen LogP contribution in [0.5, 0.6) is 5.75 Å². The minimum absolute atomic E-state index is 0.542. The van der Waals surface area contributed by atoms with Crippen LogP contribution in [0, 0.1) is 5.41 Å². The third kappa shape index (κ3) is 1.95. The number of hydrogen-bond donors (Lipinski definition) is 1. The van der Waals surface area contributed by atoms with Gasteiger partial charge in [0.25, 0.3) is 0 Å². The molecule has 1 unspecified atom stereocenters. The molecule has 0 amide bonds. The van der Waals surface area contributed by atoms with Gasteiger partial charge >= 0.3 is 0 Å². The first-order chi connectivity index (χ1) is 8.33. The summed E-state index contributed by atoms with van der Waals surface area (Å²) in [7, 11) is 2.07. The quantitative estimate of drug-likeness (QED) is 0.860. The minimum atomic E-state index is 0.542. The van der Waals surface area contributed by atoms with Crippen LogP contribution >= 0.6 is 0 Å². The van der Waals surface area contributed by atoms with Crippen LogP contribution in [0.1, 0.15) is 37.2 Å². The Hall–Kier alpha value is -1.02. The molecule has 1 saturated carbocycles. The maximum absolute atomic E-state index is 5.78. The Morgan fingerprint density at radius 2 is 2.18 bits per heavy atom. The fourth-order valence-electron chi connectivity index (χ4n) is 3.43. The second-order valence-electron chi connectivity index (χ2n) is 5.63. The van der Waals surface area contributed by atoms with Gasteiger partial charge in [-0.15, -0.1) is 0 Å². The Kier molecular flexibility index (Phi) is 2.83. The number of ether oxygens (including phenoxy) is 1. The summed E-state index contributed by atoms with van der Waals surface area (Å²) in [5, 5.41) is 3.37. The molecular formula is C15H21NO. The number of para-hydroxylation sites is 1. The van der Waals surface area contributed by atoms with Crippen LogP contribution in [0.15, 0.2) is 24.3 Å². The molecule has 0 radical (unpaired) electrons. The van der Waals surface area contributed by atoms with Crippen molar-refractivity contribution in [1.82, 2.24) is 5.32 Å². The van der Waals surface area contributed by atoms with E-state index in [0.29, 0.717) is 11.3 Å². The maximum atomic E-state index is 5.78. The lowest BCUT2D eigenvalue weighted by Crippen LogP contribution is -2.40. The van der Waals surface area contributed by atoms with E-state index in [-0.39, 0.29) is 0 Å². The highest BCUT2D eigenvalue weighted by atomic mass is 16.5. The van der Waals surface area contributed by atoms with Crippen LogP contribution in [0.2, 0.25) is 0 Å². The van der Waals surface area contributed by atoms with Crippen molar-refractivity contribution in [3.8, 4) is 5.75 Å². The summed E-state index contributed by atoms with van der Waals surface area (Å²) in [6, 6.07) is 8.53. The lowest BCUT2D eigenvalue weighted by atomic mass is 9.63. The van der Waals surface area contributed by atoms with Crippen LogP contribution in [-0.2, 0) is 0 Å². The van der Waals surface area contributed by atoms with Crippen molar-refractivity contribution in [3.05, 3.63) is 29.8 Å². The largest absolute Gasteiger partial charge is 0.493 e. The van der Waals surface area contributed by atoms with E-state index < -0.39 is 0 Å². The van der Waals surface area contributed by atoms with Gasteiger partial charge in [-0.1, -0.05) is 24.6 Å². The maximum Gasteiger partial charge on any atom is 0.122 e. The van der Waals surface area contributed by atoms with Gasteiger partial charge in [0.15, 0.2) is 0 Å². The van der Waals surface area contributed by atoms with Gasteiger partial charge in [0, 0.05) is 18.0 Å². The summed E-state index contributed by atoms with van der Waals surface area (Å²) in [5.74, 6) is 1.72. The zero-order chi connectivity index (χ0) is 11.7. The molecule has 17 heavy (non-hydrogen) atoms. The molecule has 0 aromatic heterocycles. The molecule has 1 fully saturated rings. The molecule has 92 valence electrons. The molecule has 1 heterocycles. The highest BCUT2D eigenvalue weighted by molar-refractivity contribution is 5.39. The minimum Gasteiger partial charge on any atom is -0.493 e. The van der Waals surface area contributed by atoms with E-state index in [0.717, 1.165) is 18.9 Å². The molecule has 0 saturated heterocycles. The average Bonchev–Trinajstić information content (AvgIpc) is 2.70. The summed E-state index contributed by atoms with van der Waals surface area (Å²) < 4.78 is 5.78. The summed E-state index contributed by atoms with van der Waals surface area (Å²) in [4.78, 5) is 0. The van der Waals surface area contributed by atoms with Gasteiger partial charge in [-0.25, -0.2) is 0 Å². The van der Waals surface area contributed by atoms with Crippen molar-refractivity contribution in [3.63, 3.8) is 0 Å². The highest BCUT2D eigenvalue weighted by Gasteiger charge is 2.40. The normalized spacial score (nSPS) is 24.9. The standard InChI is InChI=1S/C15H21NO/c1-16-11-15(7-4-8-15)9-12-10-17-14-6-3-2-5-13(12)14/h2-3,5-6,12,16H,4,7-11H2,1H3. The number of rotatable bonds is 4. The molecule has 0 spiro atoms. The van der Waals surface area contributed by atoms with E-state index in [1.165, 1.54) is 31.2 Å². The first-order valence-electron chi connectivity index (χ1n) is 6.69. The summed E-state index contributed by atoms with van der Waals surface area (Å²) >= 11 is 0. The fraction of sp³-hybridized carbons (Fsp3) is 0.600. The topological polar surface area (TPSA) is 21.3 Å². The van der Waals surface area contributed by atoms with Crippen molar-refractivity contribution >= 4 is 0 Å². The monoisotopic (exact) mass is 231 g/mol. The molecule has 1 aliphatic heterocycles. The van der Waals surface area contributed by atoms with E-state index in [4.69, 9.17) is 4.74 Å². The zero-order valence-corrected chi connectivity index (χ0v) is 10.5. The first kappa shape index (κ1) is 11.1. The second-order valence-corrected chi connectivity index (χ2v) is 5.63. The molecule has 2 heteroatoms. The second kappa shape index (κ2) is 4.34.